The summed E-state index contributed by atoms with van der Waals surface area (Å²) in [5, 5.41) is 5.74. The molecule has 4 aromatic rings. The molecule has 2 saturated heterocycles. The van der Waals surface area contributed by atoms with Crippen molar-refractivity contribution >= 4 is 33.2 Å². The maximum atomic E-state index is 12.8. The Kier molecular flexibility index (Phi) is 17.0. The lowest BCUT2D eigenvalue weighted by molar-refractivity contribution is 0.185. The molecule has 8 rings (SSSR count). The third-order valence-electron chi connectivity index (χ3n) is 12.5. The average Bonchev–Trinajstić information content (AvgIpc) is 4.16. The summed E-state index contributed by atoms with van der Waals surface area (Å²) in [4.78, 5) is 16.6. The zero-order valence-corrected chi connectivity index (χ0v) is 31.2. The van der Waals surface area contributed by atoms with Crippen molar-refractivity contribution < 1.29 is 27.7 Å². The van der Waals surface area contributed by atoms with Gasteiger partial charge in [-0.15, -0.1) is 0 Å². The largest absolute Gasteiger partial charge is 0.493 e. The van der Waals surface area contributed by atoms with Crippen LogP contribution >= 0.6 is 0 Å². The number of anilines is 2. The van der Waals surface area contributed by atoms with Gasteiger partial charge in [-0.2, -0.15) is 0 Å². The molecular formula is C44H66F2N8O4. The number of pyridine rings is 2. The summed E-state index contributed by atoms with van der Waals surface area (Å²) >= 11 is 0. The second-order valence-corrected chi connectivity index (χ2v) is 15.0. The van der Waals surface area contributed by atoms with Crippen LogP contribution in [-0.4, -0.2) is 77.2 Å². The van der Waals surface area contributed by atoms with Crippen LogP contribution in [0.25, 0.3) is 32.2 Å². The Morgan fingerprint density at radius 3 is 1.47 bits per heavy atom. The van der Waals surface area contributed by atoms with E-state index in [1.807, 2.05) is 36.5 Å². The van der Waals surface area contributed by atoms with E-state index in [9.17, 15) is 8.78 Å². The molecule has 14 heteroatoms. The smallest absolute Gasteiger partial charge is 0.228 e. The monoisotopic (exact) mass is 809 g/mol. The van der Waals surface area contributed by atoms with Gasteiger partial charge in [-0.1, -0.05) is 34.8 Å². The lowest BCUT2D eigenvalue weighted by Gasteiger charge is -2.37. The number of aromatic nitrogens is 2. The van der Waals surface area contributed by atoms with E-state index < -0.39 is 13.7 Å². The van der Waals surface area contributed by atoms with Crippen LogP contribution in [0, 0.1) is 22.7 Å². The maximum absolute atomic E-state index is 12.8. The molecule has 0 amide bonds. The van der Waals surface area contributed by atoms with Crippen molar-refractivity contribution in [1.29, 1.82) is 0 Å². The van der Waals surface area contributed by atoms with Gasteiger partial charge in [0, 0.05) is 84.3 Å². The number of fused-ring (bicyclic) bond motifs is 2. The Morgan fingerprint density at radius 1 is 0.707 bits per heavy atom. The molecule has 12 nitrogen and oxygen atoms in total. The number of nitrogens with zero attached hydrogens (tertiary/aromatic N) is 7. The number of benzene rings is 2. The molecule has 58 heavy (non-hydrogen) atoms. The van der Waals surface area contributed by atoms with Crippen molar-refractivity contribution in [3.63, 3.8) is 0 Å². The van der Waals surface area contributed by atoms with Gasteiger partial charge in [0.15, 0.2) is 23.0 Å². The molecule has 2 aliphatic heterocycles. The fourth-order valence-corrected chi connectivity index (χ4v) is 8.93. The van der Waals surface area contributed by atoms with Crippen LogP contribution in [0.5, 0.6) is 23.0 Å². The molecule has 0 radical (unpaired) electrons. The van der Waals surface area contributed by atoms with E-state index in [1.54, 1.807) is 19.4 Å². The van der Waals surface area contributed by atoms with Crippen LogP contribution in [0.4, 0.5) is 20.2 Å². The highest BCUT2D eigenvalue weighted by Crippen LogP contribution is 2.56. The standard InChI is InChI=1S/C20H24FN5O2.C20H26FN3O2.4CH4/c1-27-18-11-16-15(10-19(18)28-13-21)17(2-7-23-16)26-8-3-14(4-9-26)20(5-6-20)12-24-25-22;1-25-18-11-16-15(10-19(18)26-13-21)17(2-7-23-16)24-8-3-14(4-9-24)20(12-22)5-6-20;;;;/h2,7,10-11,14H,3-6,8-9,12-13H2,1H3;2,7,10-11,14H,3-6,8-9,12-13,22H2,1H3;4*1H4. The predicted molar refractivity (Wildman–Crippen MR) is 233 cm³/mol. The lowest BCUT2D eigenvalue weighted by Crippen LogP contribution is -2.38. The predicted octanol–water partition coefficient (Wildman–Crippen LogP) is 10.9. The topological polar surface area (TPSA) is 144 Å². The maximum Gasteiger partial charge on any atom is 0.228 e. The fraction of sp³-hybridized carbons (Fsp3) is 0.591. The SMILES string of the molecule is C.C.C.C.COc1cc2nccc(N3CCC(C4(CN)CC4)CC3)c2cc1OCF.COc1cc2nccc(N3CCC(C4(CN=[N+]=[N-])CC4)CC3)c2cc1OCF. The first-order valence-corrected chi connectivity index (χ1v) is 18.9. The van der Waals surface area contributed by atoms with Gasteiger partial charge in [-0.25, -0.2) is 8.78 Å². The van der Waals surface area contributed by atoms with E-state index in [-0.39, 0.29) is 35.1 Å². The molecule has 0 spiro atoms. The minimum atomic E-state index is -0.907. The average molecular weight is 809 g/mol. The quantitative estimate of drug-likeness (QED) is 0.0792. The zero-order chi connectivity index (χ0) is 37.7. The Bertz CT molecular complexity index is 1970. The highest BCUT2D eigenvalue weighted by Gasteiger charge is 2.49. The fourth-order valence-electron chi connectivity index (χ4n) is 8.93. The van der Waals surface area contributed by atoms with Gasteiger partial charge in [-0.3, -0.25) is 9.97 Å². The molecule has 2 aromatic carbocycles. The third-order valence-corrected chi connectivity index (χ3v) is 12.5. The van der Waals surface area contributed by atoms with Gasteiger partial charge in [-0.05, 0) is 110 Å². The number of halogens is 2. The molecule has 0 bridgehead atoms. The molecule has 320 valence electrons. The molecule has 2 saturated carbocycles. The van der Waals surface area contributed by atoms with E-state index in [0.717, 1.165) is 84.7 Å². The first-order chi connectivity index (χ1) is 26.4. The van der Waals surface area contributed by atoms with Crippen LogP contribution in [0.2, 0.25) is 0 Å². The highest BCUT2D eigenvalue weighted by atomic mass is 19.1. The van der Waals surface area contributed by atoms with Gasteiger partial charge < -0.3 is 34.5 Å². The normalized spacial score (nSPS) is 17.7. The summed E-state index contributed by atoms with van der Waals surface area (Å²) < 4.78 is 46.3. The van der Waals surface area contributed by atoms with Crippen molar-refractivity contribution in [1.82, 2.24) is 9.97 Å². The summed E-state index contributed by atoms with van der Waals surface area (Å²) in [5.41, 5.74) is 19.1. The van der Waals surface area contributed by atoms with E-state index >= 15 is 0 Å². The Morgan fingerprint density at radius 2 is 1.12 bits per heavy atom. The second kappa shape index (κ2) is 20.7. The summed E-state index contributed by atoms with van der Waals surface area (Å²) in [5.74, 6) is 3.11. The van der Waals surface area contributed by atoms with Crippen LogP contribution < -0.4 is 34.5 Å². The number of hydrogen-bond donors (Lipinski definition) is 1. The van der Waals surface area contributed by atoms with Crippen molar-refractivity contribution in [2.45, 2.75) is 81.1 Å². The van der Waals surface area contributed by atoms with Crippen molar-refractivity contribution in [2.24, 2.45) is 33.5 Å². The molecule has 0 atom stereocenters. The van der Waals surface area contributed by atoms with Crippen LogP contribution in [0.15, 0.2) is 53.9 Å². The van der Waals surface area contributed by atoms with Gasteiger partial charge >= 0.3 is 0 Å². The van der Waals surface area contributed by atoms with Crippen molar-refractivity contribution in [2.75, 3.05) is 77.0 Å². The number of hydrogen-bond acceptors (Lipinski definition) is 10. The molecule has 0 unspecified atom stereocenters. The molecule has 2 N–H and O–H groups in total. The number of rotatable bonds is 13. The Balaban J connectivity index is 0.000000291. The molecule has 4 heterocycles. The van der Waals surface area contributed by atoms with Crippen LogP contribution in [0.3, 0.4) is 0 Å². The van der Waals surface area contributed by atoms with Gasteiger partial charge in [0.05, 0.1) is 25.3 Å². The van der Waals surface area contributed by atoms with Crippen LogP contribution in [-0.2, 0) is 0 Å². The van der Waals surface area contributed by atoms with Gasteiger partial charge in [0.1, 0.15) is 0 Å². The Labute approximate surface area is 344 Å². The summed E-state index contributed by atoms with van der Waals surface area (Å²) in [6.07, 6.45) is 13.0. The van der Waals surface area contributed by atoms with Gasteiger partial charge in [0.25, 0.3) is 0 Å². The van der Waals surface area contributed by atoms with E-state index in [0.29, 0.717) is 40.9 Å². The summed E-state index contributed by atoms with van der Waals surface area (Å²) in [6.45, 7) is 3.55. The number of nitrogens with two attached hydrogens (primary N) is 1. The molecule has 4 fully saturated rings. The Hall–Kier alpha value is -4.81. The minimum absolute atomic E-state index is 0. The van der Waals surface area contributed by atoms with E-state index in [2.05, 4.69) is 29.8 Å². The van der Waals surface area contributed by atoms with Gasteiger partial charge in [0.2, 0.25) is 13.7 Å². The molecule has 2 aliphatic carbocycles. The zero-order valence-electron chi connectivity index (χ0n) is 31.2. The summed E-state index contributed by atoms with van der Waals surface area (Å²) in [6, 6.07) is 11.3. The molecule has 4 aliphatic rings. The molecular weight excluding hydrogens is 743 g/mol. The van der Waals surface area contributed by atoms with E-state index in [1.165, 1.54) is 45.6 Å². The van der Waals surface area contributed by atoms with Crippen LogP contribution in [0.1, 0.15) is 81.1 Å². The first kappa shape index (κ1) is 47.6. The third kappa shape index (κ3) is 9.72. The summed E-state index contributed by atoms with van der Waals surface area (Å²) in [7, 11) is 3.08. The lowest BCUT2D eigenvalue weighted by atomic mass is 9.81. The minimum Gasteiger partial charge on any atom is -0.493 e. The number of azide groups is 1. The van der Waals surface area contributed by atoms with Crippen molar-refractivity contribution in [3.8, 4) is 23.0 Å². The van der Waals surface area contributed by atoms with E-state index in [4.69, 9.17) is 30.2 Å². The number of piperidine rings is 2. The first-order valence-electron chi connectivity index (χ1n) is 18.9. The van der Waals surface area contributed by atoms with Crippen molar-refractivity contribution in [3.05, 3.63) is 59.2 Å². The number of ether oxygens (including phenoxy) is 4. The second-order valence-electron chi connectivity index (χ2n) is 15.0. The molecule has 2 aromatic heterocycles. The number of methoxy groups -OCH3 is 2. The number of alkyl halides is 2. The highest BCUT2D eigenvalue weighted by molar-refractivity contribution is 5.95.